The summed E-state index contributed by atoms with van der Waals surface area (Å²) < 4.78 is 7.22. The lowest BCUT2D eigenvalue weighted by atomic mass is 10.1. The number of hydrogen-bond donors (Lipinski definition) is 1. The van der Waals surface area contributed by atoms with Gasteiger partial charge >= 0.3 is 0 Å². The van der Waals surface area contributed by atoms with E-state index in [9.17, 15) is 9.59 Å². The van der Waals surface area contributed by atoms with Crippen molar-refractivity contribution in [3.8, 4) is 5.75 Å². The molecule has 184 valence electrons. The minimum atomic E-state index is -0.700. The molecule has 0 aliphatic carbocycles. The second-order valence-corrected chi connectivity index (χ2v) is 9.56. The Morgan fingerprint density at radius 3 is 2.78 bits per heavy atom. The first-order valence-electron chi connectivity index (χ1n) is 12.0. The quantitative estimate of drug-likeness (QED) is 0.555. The number of primary amides is 1. The third-order valence-electron chi connectivity index (χ3n) is 6.82. The number of amides is 2. The number of nitrogens with two attached hydrogens (primary N) is 1. The van der Waals surface area contributed by atoms with Gasteiger partial charge in [0.1, 0.15) is 5.75 Å². The summed E-state index contributed by atoms with van der Waals surface area (Å²) in [6.45, 7) is 3.70. The zero-order valence-corrected chi connectivity index (χ0v) is 20.5. The maximum Gasteiger partial charge on any atom is 0.284 e. The number of benzene rings is 2. The molecule has 0 spiro atoms. The van der Waals surface area contributed by atoms with Gasteiger partial charge in [-0.1, -0.05) is 48.0 Å². The van der Waals surface area contributed by atoms with Crippen molar-refractivity contribution in [3.05, 3.63) is 75.7 Å². The van der Waals surface area contributed by atoms with Crippen LogP contribution in [0.1, 0.15) is 44.7 Å². The Morgan fingerprint density at radius 2 is 2.03 bits per heavy atom. The standard InChI is InChI=1S/C26H25ClN6O3/c1-2-31-25(35)20-23(33-14-18(29-26(31)33)11-15-6-4-3-5-7-15)30-24(22(28)34)32(20)13-16-10-17-8-9-36-21(17)19(27)12-16/h3-7,10,12,18H,2,8-9,11,13-14H2,1H3,(H2,28,34)/t18-/m1/s1. The molecule has 36 heavy (non-hydrogen) atoms. The molecule has 0 saturated carbocycles. The summed E-state index contributed by atoms with van der Waals surface area (Å²) >= 11 is 6.45. The minimum absolute atomic E-state index is 0.0324. The summed E-state index contributed by atoms with van der Waals surface area (Å²) in [7, 11) is 0. The lowest BCUT2D eigenvalue weighted by Crippen LogP contribution is -2.50. The highest BCUT2D eigenvalue weighted by atomic mass is 35.5. The van der Waals surface area contributed by atoms with Gasteiger partial charge in [-0.15, -0.1) is 0 Å². The molecule has 0 radical (unpaired) electrons. The number of fused-ring (bicyclic) bond motifs is 4. The number of guanidine groups is 1. The number of rotatable bonds is 6. The molecule has 1 atom stereocenters. The molecular formula is C26H25ClN6O3. The lowest BCUT2D eigenvalue weighted by molar-refractivity contribution is 0.0836. The molecular weight excluding hydrogens is 480 g/mol. The first-order valence-corrected chi connectivity index (χ1v) is 12.4. The van der Waals surface area contributed by atoms with Crippen LogP contribution in [-0.4, -0.2) is 58.0 Å². The number of hydrogen-bond acceptors (Lipinski definition) is 6. The monoisotopic (exact) mass is 504 g/mol. The third-order valence-corrected chi connectivity index (χ3v) is 7.10. The van der Waals surface area contributed by atoms with Gasteiger partial charge in [-0.2, -0.15) is 0 Å². The fourth-order valence-electron chi connectivity index (χ4n) is 5.24. The highest BCUT2D eigenvalue weighted by Gasteiger charge is 2.44. The molecule has 0 saturated heterocycles. The van der Waals surface area contributed by atoms with Crippen molar-refractivity contribution in [2.45, 2.75) is 32.4 Å². The van der Waals surface area contributed by atoms with Crippen LogP contribution in [0, 0.1) is 0 Å². The highest BCUT2D eigenvalue weighted by molar-refractivity contribution is 6.32. The summed E-state index contributed by atoms with van der Waals surface area (Å²) in [5, 5.41) is 0.508. The van der Waals surface area contributed by atoms with Crippen LogP contribution in [0.2, 0.25) is 5.02 Å². The van der Waals surface area contributed by atoms with E-state index in [-0.39, 0.29) is 24.3 Å². The summed E-state index contributed by atoms with van der Waals surface area (Å²) in [4.78, 5) is 39.2. The van der Waals surface area contributed by atoms with Crippen LogP contribution < -0.4 is 15.4 Å². The van der Waals surface area contributed by atoms with Crippen LogP contribution in [0.4, 0.5) is 5.82 Å². The molecule has 0 fully saturated rings. The molecule has 4 heterocycles. The van der Waals surface area contributed by atoms with E-state index in [2.05, 4.69) is 17.1 Å². The second-order valence-electron chi connectivity index (χ2n) is 9.16. The number of imidazole rings is 1. The van der Waals surface area contributed by atoms with E-state index in [4.69, 9.17) is 27.1 Å². The van der Waals surface area contributed by atoms with Crippen molar-refractivity contribution in [1.82, 2.24) is 14.5 Å². The fraction of sp³-hybridized carbons (Fsp3) is 0.308. The Bertz CT molecular complexity index is 1420. The van der Waals surface area contributed by atoms with Crippen LogP contribution >= 0.6 is 11.6 Å². The maximum atomic E-state index is 13.7. The number of anilines is 1. The van der Waals surface area contributed by atoms with Crippen LogP contribution in [0.25, 0.3) is 0 Å². The van der Waals surface area contributed by atoms with E-state index in [0.717, 1.165) is 24.0 Å². The predicted molar refractivity (Wildman–Crippen MR) is 136 cm³/mol. The van der Waals surface area contributed by atoms with Crippen molar-refractivity contribution in [2.24, 2.45) is 10.7 Å². The Labute approximate surface area is 213 Å². The molecule has 1 aromatic heterocycles. The lowest BCUT2D eigenvalue weighted by Gasteiger charge is -2.33. The highest BCUT2D eigenvalue weighted by Crippen LogP contribution is 2.37. The number of aromatic nitrogens is 2. The molecule has 2 amide bonds. The van der Waals surface area contributed by atoms with Crippen molar-refractivity contribution in [3.63, 3.8) is 0 Å². The molecule has 10 heteroatoms. The van der Waals surface area contributed by atoms with Crippen LogP contribution in [0.15, 0.2) is 47.5 Å². The summed E-state index contributed by atoms with van der Waals surface area (Å²) in [6, 6.07) is 13.9. The average Bonchev–Trinajstić information content (AvgIpc) is 3.58. The Hall–Kier alpha value is -3.85. The topological polar surface area (TPSA) is 106 Å². The first-order chi connectivity index (χ1) is 17.4. The van der Waals surface area contributed by atoms with E-state index in [1.165, 1.54) is 5.56 Å². The number of nitrogens with zero attached hydrogens (tertiary/aromatic N) is 5. The Balaban J connectivity index is 1.40. The Morgan fingerprint density at radius 1 is 1.22 bits per heavy atom. The number of halogens is 1. The molecule has 0 unspecified atom stereocenters. The van der Waals surface area contributed by atoms with Crippen molar-refractivity contribution in [2.75, 3.05) is 24.6 Å². The second kappa shape index (κ2) is 8.67. The molecule has 0 bridgehead atoms. The van der Waals surface area contributed by atoms with E-state index >= 15 is 0 Å². The first kappa shape index (κ1) is 22.6. The van der Waals surface area contributed by atoms with E-state index in [0.29, 0.717) is 47.9 Å². The summed E-state index contributed by atoms with van der Waals surface area (Å²) in [5.41, 5.74) is 9.08. The number of carbonyl (C=O) groups excluding carboxylic acids is 2. The molecule has 3 aliphatic heterocycles. The van der Waals surface area contributed by atoms with E-state index in [1.807, 2.05) is 36.1 Å². The predicted octanol–water partition coefficient (Wildman–Crippen LogP) is 2.88. The fourth-order valence-corrected chi connectivity index (χ4v) is 5.56. The third kappa shape index (κ3) is 3.62. The normalized spacial score (nSPS) is 18.0. The molecule has 3 aromatic rings. The van der Waals surface area contributed by atoms with Gasteiger partial charge in [-0.05, 0) is 36.1 Å². The summed E-state index contributed by atoms with van der Waals surface area (Å²) in [5.74, 6) is 0.759. The SMILES string of the molecule is CCN1C(=O)c2c(nc(C(N)=O)n2Cc2cc(Cl)c3c(c2)CCO3)N2C[C@@H](Cc3ccccc3)N=C12. The smallest absolute Gasteiger partial charge is 0.284 e. The molecule has 6 rings (SSSR count). The van der Waals surface area contributed by atoms with Crippen LogP contribution in [0.5, 0.6) is 5.75 Å². The van der Waals surface area contributed by atoms with Crippen molar-refractivity contribution >= 4 is 35.2 Å². The number of ether oxygens (including phenoxy) is 1. The number of carbonyl (C=O) groups is 2. The Kier molecular flexibility index (Phi) is 5.44. The van der Waals surface area contributed by atoms with Crippen LogP contribution in [-0.2, 0) is 19.4 Å². The van der Waals surface area contributed by atoms with Crippen molar-refractivity contribution in [1.29, 1.82) is 0 Å². The zero-order chi connectivity index (χ0) is 25.0. The minimum Gasteiger partial charge on any atom is -0.491 e. The zero-order valence-electron chi connectivity index (χ0n) is 19.8. The van der Waals surface area contributed by atoms with E-state index in [1.54, 1.807) is 15.5 Å². The maximum absolute atomic E-state index is 13.7. The van der Waals surface area contributed by atoms with Gasteiger partial charge in [0.15, 0.2) is 11.5 Å². The van der Waals surface area contributed by atoms with Gasteiger partial charge < -0.3 is 15.0 Å². The van der Waals surface area contributed by atoms with Crippen LogP contribution in [0.3, 0.4) is 0 Å². The average molecular weight is 505 g/mol. The molecule has 2 N–H and O–H groups in total. The van der Waals surface area contributed by atoms with Gasteiger partial charge in [0, 0.05) is 13.0 Å². The van der Waals surface area contributed by atoms with Gasteiger partial charge in [0.05, 0.1) is 30.8 Å². The molecule has 2 aromatic carbocycles. The number of aliphatic imine (C=N–C) groups is 1. The summed E-state index contributed by atoms with van der Waals surface area (Å²) in [6.07, 6.45) is 1.49. The van der Waals surface area contributed by atoms with Crippen molar-refractivity contribution < 1.29 is 14.3 Å². The largest absolute Gasteiger partial charge is 0.491 e. The van der Waals surface area contributed by atoms with Gasteiger partial charge in [-0.25, -0.2) is 9.98 Å². The molecule has 9 nitrogen and oxygen atoms in total. The van der Waals surface area contributed by atoms with E-state index < -0.39 is 5.91 Å². The van der Waals surface area contributed by atoms with Gasteiger partial charge in [0.25, 0.3) is 11.8 Å². The molecule has 3 aliphatic rings. The van der Waals surface area contributed by atoms with Gasteiger partial charge in [0.2, 0.25) is 11.8 Å². The van der Waals surface area contributed by atoms with Gasteiger partial charge in [-0.3, -0.25) is 19.4 Å².